The average molecular weight is 190 g/mol. The molecule has 0 amide bonds. The largest absolute Gasteiger partial charge is 0.379 e. The first kappa shape index (κ1) is 9.34. The number of nitrogens with zero attached hydrogens (tertiary/aromatic N) is 2. The zero-order valence-electron chi connectivity index (χ0n) is 8.22. The summed E-state index contributed by atoms with van der Waals surface area (Å²) in [6.07, 6.45) is 10.4. The lowest BCUT2D eigenvalue weighted by atomic mass is 9.84. The normalized spacial score (nSPS) is 31.7. The first-order valence-corrected chi connectivity index (χ1v) is 4.89. The number of aromatic nitrogens is 2. The third-order valence-corrected chi connectivity index (χ3v) is 2.69. The summed E-state index contributed by atoms with van der Waals surface area (Å²) in [5.74, 6) is 0.548. The maximum atomic E-state index is 10.3. The van der Waals surface area contributed by atoms with E-state index in [9.17, 15) is 5.11 Å². The molecule has 2 unspecified atom stereocenters. The molecule has 0 fully saturated rings. The maximum absolute atomic E-state index is 10.3. The van der Waals surface area contributed by atoms with Crippen molar-refractivity contribution in [2.75, 3.05) is 0 Å². The van der Waals surface area contributed by atoms with Crippen molar-refractivity contribution in [3.05, 3.63) is 36.4 Å². The van der Waals surface area contributed by atoms with E-state index >= 15 is 0 Å². The van der Waals surface area contributed by atoms with E-state index in [1.807, 2.05) is 12.2 Å². The Labute approximate surface area is 83.5 Å². The molecule has 1 aromatic heterocycles. The van der Waals surface area contributed by atoms with Gasteiger partial charge in [0.2, 0.25) is 0 Å². The second kappa shape index (κ2) is 3.50. The van der Waals surface area contributed by atoms with Crippen molar-refractivity contribution in [1.29, 1.82) is 0 Å². The molecule has 0 saturated carbocycles. The summed E-state index contributed by atoms with van der Waals surface area (Å²) in [6, 6.07) is 0. The SMILES string of the molecule is CC1C=CC(O)(c2cnccn2)CC1. The number of hydrogen-bond acceptors (Lipinski definition) is 3. The Balaban J connectivity index is 2.30. The minimum Gasteiger partial charge on any atom is -0.379 e. The van der Waals surface area contributed by atoms with Crippen LogP contribution in [0.1, 0.15) is 25.5 Å². The van der Waals surface area contributed by atoms with Crippen LogP contribution >= 0.6 is 0 Å². The molecular formula is C11H14N2O. The average Bonchev–Trinajstić information content (AvgIpc) is 2.24. The minimum absolute atomic E-state index is 0.548. The quantitative estimate of drug-likeness (QED) is 0.685. The van der Waals surface area contributed by atoms with Gasteiger partial charge in [0.25, 0.3) is 0 Å². The molecule has 3 heteroatoms. The van der Waals surface area contributed by atoms with E-state index in [0.717, 1.165) is 12.8 Å². The first-order chi connectivity index (χ1) is 6.71. The molecule has 1 aliphatic rings. The Bertz CT molecular complexity index is 336. The van der Waals surface area contributed by atoms with Gasteiger partial charge in [-0.2, -0.15) is 0 Å². The first-order valence-electron chi connectivity index (χ1n) is 4.89. The summed E-state index contributed by atoms with van der Waals surface area (Å²) in [6.45, 7) is 2.15. The fourth-order valence-electron chi connectivity index (χ4n) is 1.69. The maximum Gasteiger partial charge on any atom is 0.126 e. The van der Waals surface area contributed by atoms with Gasteiger partial charge in [-0.1, -0.05) is 19.1 Å². The monoisotopic (exact) mass is 190 g/mol. The summed E-state index contributed by atoms with van der Waals surface area (Å²) >= 11 is 0. The van der Waals surface area contributed by atoms with Gasteiger partial charge in [-0.15, -0.1) is 0 Å². The van der Waals surface area contributed by atoms with Gasteiger partial charge in [-0.25, -0.2) is 0 Å². The molecule has 1 N–H and O–H groups in total. The van der Waals surface area contributed by atoms with E-state index in [2.05, 4.69) is 16.9 Å². The van der Waals surface area contributed by atoms with E-state index in [1.54, 1.807) is 18.6 Å². The van der Waals surface area contributed by atoms with Crippen molar-refractivity contribution in [2.24, 2.45) is 5.92 Å². The summed E-state index contributed by atoms with van der Waals surface area (Å²) in [5.41, 5.74) is -0.260. The Kier molecular flexibility index (Phi) is 2.33. The third kappa shape index (κ3) is 1.68. The van der Waals surface area contributed by atoms with Crippen LogP contribution < -0.4 is 0 Å². The van der Waals surface area contributed by atoms with E-state index in [4.69, 9.17) is 0 Å². The summed E-state index contributed by atoms with van der Waals surface area (Å²) in [4.78, 5) is 8.10. The molecule has 0 aromatic carbocycles. The molecule has 0 radical (unpaired) electrons. The van der Waals surface area contributed by atoms with Gasteiger partial charge >= 0.3 is 0 Å². The standard InChI is InChI=1S/C11H14N2O/c1-9-2-4-11(14,5-3-9)10-8-12-6-7-13-10/h2,4,6-9,14H,3,5H2,1H3. The van der Waals surface area contributed by atoms with Crippen molar-refractivity contribution >= 4 is 0 Å². The van der Waals surface area contributed by atoms with Crippen LogP contribution in [0.2, 0.25) is 0 Å². The van der Waals surface area contributed by atoms with Crippen molar-refractivity contribution in [3.8, 4) is 0 Å². The number of hydrogen-bond donors (Lipinski definition) is 1. The van der Waals surface area contributed by atoms with Crippen LogP contribution in [0.25, 0.3) is 0 Å². The van der Waals surface area contributed by atoms with Gasteiger partial charge in [0.15, 0.2) is 0 Å². The van der Waals surface area contributed by atoms with Crippen molar-refractivity contribution < 1.29 is 5.11 Å². The van der Waals surface area contributed by atoms with Gasteiger partial charge in [-0.05, 0) is 18.8 Å². The second-order valence-electron chi connectivity index (χ2n) is 3.89. The van der Waals surface area contributed by atoms with Gasteiger partial charge < -0.3 is 5.11 Å². The summed E-state index contributed by atoms with van der Waals surface area (Å²) < 4.78 is 0. The molecule has 0 bridgehead atoms. The van der Waals surface area contributed by atoms with Crippen molar-refractivity contribution in [2.45, 2.75) is 25.4 Å². The zero-order valence-corrected chi connectivity index (χ0v) is 8.22. The smallest absolute Gasteiger partial charge is 0.126 e. The molecule has 3 nitrogen and oxygen atoms in total. The van der Waals surface area contributed by atoms with E-state index in [-0.39, 0.29) is 0 Å². The highest BCUT2D eigenvalue weighted by Crippen LogP contribution is 2.32. The Hall–Kier alpha value is -1.22. The lowest BCUT2D eigenvalue weighted by molar-refractivity contribution is 0.0625. The fourth-order valence-corrected chi connectivity index (χ4v) is 1.69. The summed E-state index contributed by atoms with van der Waals surface area (Å²) in [5, 5.41) is 10.3. The van der Waals surface area contributed by atoms with Crippen LogP contribution in [0, 0.1) is 5.92 Å². The predicted octanol–water partition coefficient (Wildman–Crippen LogP) is 1.65. The molecule has 0 aliphatic heterocycles. The second-order valence-corrected chi connectivity index (χ2v) is 3.89. The Morgan fingerprint density at radius 2 is 2.36 bits per heavy atom. The van der Waals surface area contributed by atoms with E-state index in [0.29, 0.717) is 11.6 Å². The fraction of sp³-hybridized carbons (Fsp3) is 0.455. The van der Waals surface area contributed by atoms with Crippen LogP contribution in [0.3, 0.4) is 0 Å². The molecule has 2 atom stereocenters. The van der Waals surface area contributed by atoms with E-state index in [1.165, 1.54) is 0 Å². The lowest BCUT2D eigenvalue weighted by Crippen LogP contribution is -2.27. The Morgan fingerprint density at radius 1 is 1.50 bits per heavy atom. The highest BCUT2D eigenvalue weighted by Gasteiger charge is 2.30. The molecule has 1 aliphatic carbocycles. The van der Waals surface area contributed by atoms with E-state index < -0.39 is 5.60 Å². The van der Waals surface area contributed by atoms with Crippen LogP contribution in [0.4, 0.5) is 0 Å². The van der Waals surface area contributed by atoms with Crippen LogP contribution in [-0.2, 0) is 5.60 Å². The predicted molar refractivity (Wildman–Crippen MR) is 53.5 cm³/mol. The molecule has 0 spiro atoms. The van der Waals surface area contributed by atoms with Gasteiger partial charge in [0, 0.05) is 12.4 Å². The molecule has 1 heterocycles. The van der Waals surface area contributed by atoms with Gasteiger partial charge in [0.1, 0.15) is 5.60 Å². The zero-order chi connectivity index (χ0) is 10.0. The van der Waals surface area contributed by atoms with Gasteiger partial charge in [0.05, 0.1) is 11.9 Å². The molecular weight excluding hydrogens is 176 g/mol. The molecule has 1 aromatic rings. The van der Waals surface area contributed by atoms with Crippen molar-refractivity contribution in [1.82, 2.24) is 9.97 Å². The van der Waals surface area contributed by atoms with Crippen molar-refractivity contribution in [3.63, 3.8) is 0 Å². The minimum atomic E-state index is -0.902. The number of aliphatic hydroxyl groups is 1. The molecule has 74 valence electrons. The molecule has 2 rings (SSSR count). The topological polar surface area (TPSA) is 46.0 Å². The lowest BCUT2D eigenvalue weighted by Gasteiger charge is -2.28. The van der Waals surface area contributed by atoms with Crippen LogP contribution in [0.15, 0.2) is 30.7 Å². The highest BCUT2D eigenvalue weighted by atomic mass is 16.3. The van der Waals surface area contributed by atoms with Gasteiger partial charge in [-0.3, -0.25) is 9.97 Å². The number of allylic oxidation sites excluding steroid dienone is 1. The van der Waals surface area contributed by atoms with Crippen LogP contribution in [-0.4, -0.2) is 15.1 Å². The summed E-state index contributed by atoms with van der Waals surface area (Å²) in [7, 11) is 0. The number of rotatable bonds is 1. The highest BCUT2D eigenvalue weighted by molar-refractivity contribution is 5.19. The molecule has 14 heavy (non-hydrogen) atoms. The molecule has 0 saturated heterocycles. The third-order valence-electron chi connectivity index (χ3n) is 2.69. The van der Waals surface area contributed by atoms with Crippen LogP contribution in [0.5, 0.6) is 0 Å². The Morgan fingerprint density at radius 3 is 2.93 bits per heavy atom.